The van der Waals surface area contributed by atoms with Gasteiger partial charge in [0.1, 0.15) is 11.8 Å². The number of carbonyl (C=O) groups excluding carboxylic acids is 2. The number of para-hydroxylation sites is 2. The number of hydrogen-bond acceptors (Lipinski definition) is 6. The molecule has 2 amide bonds. The van der Waals surface area contributed by atoms with Gasteiger partial charge in [-0.2, -0.15) is 5.10 Å². The largest absolute Gasteiger partial charge is 0.493 e. The number of nitrogens with one attached hydrogen (secondary N) is 2. The topological polar surface area (TPSA) is 98.2 Å². The average Bonchev–Trinajstić information content (AvgIpc) is 2.77. The first kappa shape index (κ1) is 24.7. The van der Waals surface area contributed by atoms with Crippen LogP contribution in [0.4, 0.5) is 0 Å². The molecule has 172 valence electrons. The maximum absolute atomic E-state index is 12.7. The van der Waals surface area contributed by atoms with Crippen molar-refractivity contribution in [2.75, 3.05) is 20.8 Å². The number of methoxy groups -OCH3 is 2. The normalized spacial score (nSPS) is 11.8. The van der Waals surface area contributed by atoms with Gasteiger partial charge in [-0.05, 0) is 43.0 Å². The molecular formula is C24H31N3O5. The number of amides is 2. The SMILES string of the molecule is COc1cccc(/C=N\NC(=O)[C@@H](CC(C)C)NC(=O)COc2ccccc2C)c1OC. The van der Waals surface area contributed by atoms with Gasteiger partial charge < -0.3 is 19.5 Å². The zero-order chi connectivity index (χ0) is 23.5. The van der Waals surface area contributed by atoms with Gasteiger partial charge in [0.2, 0.25) is 0 Å². The van der Waals surface area contributed by atoms with Crippen LogP contribution >= 0.6 is 0 Å². The highest BCUT2D eigenvalue weighted by Gasteiger charge is 2.22. The van der Waals surface area contributed by atoms with Gasteiger partial charge in [-0.1, -0.05) is 38.1 Å². The van der Waals surface area contributed by atoms with Gasteiger partial charge in [-0.3, -0.25) is 9.59 Å². The Morgan fingerprint density at radius 1 is 1.03 bits per heavy atom. The fraction of sp³-hybridized carbons (Fsp3) is 0.375. The molecule has 0 fully saturated rings. The van der Waals surface area contributed by atoms with E-state index in [2.05, 4.69) is 15.8 Å². The minimum Gasteiger partial charge on any atom is -0.493 e. The van der Waals surface area contributed by atoms with Crippen LogP contribution in [-0.2, 0) is 9.59 Å². The summed E-state index contributed by atoms with van der Waals surface area (Å²) in [6, 6.07) is 12.0. The molecule has 2 N–H and O–H groups in total. The van der Waals surface area contributed by atoms with Crippen molar-refractivity contribution in [3.63, 3.8) is 0 Å². The molecule has 2 aromatic carbocycles. The molecule has 0 bridgehead atoms. The molecule has 0 aliphatic rings. The number of ether oxygens (including phenoxy) is 3. The molecule has 0 saturated carbocycles. The molecule has 0 radical (unpaired) electrons. The van der Waals surface area contributed by atoms with E-state index in [1.54, 1.807) is 31.4 Å². The minimum atomic E-state index is -0.743. The van der Waals surface area contributed by atoms with Crippen LogP contribution in [0.1, 0.15) is 31.4 Å². The number of rotatable bonds is 11. The summed E-state index contributed by atoms with van der Waals surface area (Å²) in [7, 11) is 3.07. The summed E-state index contributed by atoms with van der Waals surface area (Å²) in [6.07, 6.45) is 1.93. The summed E-state index contributed by atoms with van der Waals surface area (Å²) < 4.78 is 16.2. The molecule has 2 aromatic rings. The average molecular weight is 442 g/mol. The highest BCUT2D eigenvalue weighted by Crippen LogP contribution is 2.29. The summed E-state index contributed by atoms with van der Waals surface area (Å²) in [6.45, 7) is 5.66. The Bertz CT molecular complexity index is 943. The third-order valence-electron chi connectivity index (χ3n) is 4.62. The lowest BCUT2D eigenvalue weighted by Crippen LogP contribution is -2.47. The Kier molecular flexibility index (Phi) is 9.53. The molecule has 0 heterocycles. The van der Waals surface area contributed by atoms with Gasteiger partial charge in [0.25, 0.3) is 11.8 Å². The lowest BCUT2D eigenvalue weighted by molar-refractivity contribution is -0.130. The summed E-state index contributed by atoms with van der Waals surface area (Å²) in [5.74, 6) is 1.08. The van der Waals surface area contributed by atoms with E-state index in [4.69, 9.17) is 14.2 Å². The fourth-order valence-electron chi connectivity index (χ4n) is 3.06. The van der Waals surface area contributed by atoms with Crippen LogP contribution in [0.15, 0.2) is 47.6 Å². The van der Waals surface area contributed by atoms with Crippen molar-refractivity contribution in [3.05, 3.63) is 53.6 Å². The van der Waals surface area contributed by atoms with E-state index in [0.717, 1.165) is 5.56 Å². The highest BCUT2D eigenvalue weighted by atomic mass is 16.5. The Morgan fingerprint density at radius 2 is 1.75 bits per heavy atom. The molecule has 8 heteroatoms. The molecule has 1 atom stereocenters. The predicted octanol–water partition coefficient (Wildman–Crippen LogP) is 3.07. The number of hydrogen-bond donors (Lipinski definition) is 2. The van der Waals surface area contributed by atoms with E-state index in [1.807, 2.05) is 39.0 Å². The molecule has 32 heavy (non-hydrogen) atoms. The van der Waals surface area contributed by atoms with Crippen molar-refractivity contribution >= 4 is 18.0 Å². The second-order valence-electron chi connectivity index (χ2n) is 7.62. The van der Waals surface area contributed by atoms with E-state index < -0.39 is 11.9 Å². The predicted molar refractivity (Wildman–Crippen MR) is 123 cm³/mol. The molecule has 0 aromatic heterocycles. The van der Waals surface area contributed by atoms with E-state index in [-0.39, 0.29) is 18.4 Å². The van der Waals surface area contributed by atoms with Crippen LogP contribution in [0.5, 0.6) is 17.2 Å². The first-order chi connectivity index (χ1) is 15.3. The summed E-state index contributed by atoms with van der Waals surface area (Å²) in [5, 5.41) is 6.76. The smallest absolute Gasteiger partial charge is 0.262 e. The molecule has 0 aliphatic heterocycles. The first-order valence-corrected chi connectivity index (χ1v) is 10.4. The van der Waals surface area contributed by atoms with Crippen molar-refractivity contribution in [2.45, 2.75) is 33.2 Å². The van der Waals surface area contributed by atoms with Crippen LogP contribution in [0.25, 0.3) is 0 Å². The third-order valence-corrected chi connectivity index (χ3v) is 4.62. The maximum Gasteiger partial charge on any atom is 0.262 e. The van der Waals surface area contributed by atoms with Crippen molar-refractivity contribution in [2.24, 2.45) is 11.0 Å². The molecular weight excluding hydrogens is 410 g/mol. The van der Waals surface area contributed by atoms with E-state index in [0.29, 0.717) is 29.2 Å². The molecule has 0 aliphatic carbocycles. The highest BCUT2D eigenvalue weighted by molar-refractivity contribution is 5.90. The van der Waals surface area contributed by atoms with Gasteiger partial charge in [0, 0.05) is 5.56 Å². The van der Waals surface area contributed by atoms with E-state index >= 15 is 0 Å². The van der Waals surface area contributed by atoms with Crippen molar-refractivity contribution in [3.8, 4) is 17.2 Å². The zero-order valence-corrected chi connectivity index (χ0v) is 19.2. The van der Waals surface area contributed by atoms with Crippen LogP contribution in [0.2, 0.25) is 0 Å². The second-order valence-corrected chi connectivity index (χ2v) is 7.62. The van der Waals surface area contributed by atoms with E-state index in [1.165, 1.54) is 13.3 Å². The Balaban J connectivity index is 1.99. The monoisotopic (exact) mass is 441 g/mol. The summed E-state index contributed by atoms with van der Waals surface area (Å²) in [4.78, 5) is 25.1. The summed E-state index contributed by atoms with van der Waals surface area (Å²) in [5.41, 5.74) is 4.06. The number of nitrogens with zero attached hydrogens (tertiary/aromatic N) is 1. The molecule has 0 saturated heterocycles. The van der Waals surface area contributed by atoms with Gasteiger partial charge in [-0.15, -0.1) is 0 Å². The molecule has 0 unspecified atom stereocenters. The number of benzene rings is 2. The van der Waals surface area contributed by atoms with Gasteiger partial charge in [-0.25, -0.2) is 5.43 Å². The van der Waals surface area contributed by atoms with Crippen LogP contribution in [-0.4, -0.2) is 44.9 Å². The number of carbonyl (C=O) groups is 2. The molecule has 8 nitrogen and oxygen atoms in total. The van der Waals surface area contributed by atoms with Gasteiger partial charge in [0.15, 0.2) is 18.1 Å². The lowest BCUT2D eigenvalue weighted by Gasteiger charge is -2.19. The van der Waals surface area contributed by atoms with Gasteiger partial charge in [0.05, 0.1) is 20.4 Å². The minimum absolute atomic E-state index is 0.184. The molecule has 0 spiro atoms. The van der Waals surface area contributed by atoms with Crippen LogP contribution in [0, 0.1) is 12.8 Å². The molecule has 2 rings (SSSR count). The lowest BCUT2D eigenvalue weighted by atomic mass is 10.0. The number of aryl methyl sites for hydroxylation is 1. The summed E-state index contributed by atoms with van der Waals surface area (Å²) >= 11 is 0. The second kappa shape index (κ2) is 12.3. The van der Waals surface area contributed by atoms with Crippen molar-refractivity contribution < 1.29 is 23.8 Å². The van der Waals surface area contributed by atoms with Crippen LogP contribution in [0.3, 0.4) is 0 Å². The Labute approximate surface area is 188 Å². The third kappa shape index (κ3) is 7.30. The van der Waals surface area contributed by atoms with Gasteiger partial charge >= 0.3 is 0 Å². The standard InChI is InChI=1S/C24H31N3O5/c1-16(2)13-19(26-22(28)15-32-20-11-7-6-9-17(20)3)24(29)27-25-14-18-10-8-12-21(30-4)23(18)31-5/h6-12,14,16,19H,13,15H2,1-5H3,(H,26,28)(H,27,29)/b25-14-/t19-/m1/s1. The van der Waals surface area contributed by atoms with E-state index in [9.17, 15) is 9.59 Å². The number of hydrazone groups is 1. The van der Waals surface area contributed by atoms with Crippen LogP contribution < -0.4 is 25.0 Å². The Hall–Kier alpha value is -3.55. The Morgan fingerprint density at radius 3 is 2.41 bits per heavy atom. The maximum atomic E-state index is 12.7. The first-order valence-electron chi connectivity index (χ1n) is 10.4. The van der Waals surface area contributed by atoms with Crippen molar-refractivity contribution in [1.82, 2.24) is 10.7 Å². The quantitative estimate of drug-likeness (QED) is 0.413. The van der Waals surface area contributed by atoms with Crippen molar-refractivity contribution in [1.29, 1.82) is 0 Å². The zero-order valence-electron chi connectivity index (χ0n) is 19.2. The fourth-order valence-corrected chi connectivity index (χ4v) is 3.06.